The molecular formula is C17H20ClNOS. The minimum absolute atomic E-state index is 0.776. The van der Waals surface area contributed by atoms with Crippen molar-refractivity contribution in [3.05, 3.63) is 53.1 Å². The zero-order chi connectivity index (χ0) is 15.1. The standard InChI is InChI=1S/C17H20ClNOS/c1-3-9-19-12-13-10-14(18)7-8-17(13)21-16-6-4-5-15(11-16)20-2/h4-8,10-11,19H,3,9,12H2,1-2H3. The lowest BCUT2D eigenvalue weighted by atomic mass is 10.2. The summed E-state index contributed by atoms with van der Waals surface area (Å²) in [7, 11) is 1.69. The highest BCUT2D eigenvalue weighted by Gasteiger charge is 2.06. The summed E-state index contributed by atoms with van der Waals surface area (Å²) in [5, 5.41) is 4.21. The van der Waals surface area contributed by atoms with E-state index in [1.165, 1.54) is 10.5 Å². The van der Waals surface area contributed by atoms with Gasteiger partial charge in [0.1, 0.15) is 5.75 Å². The van der Waals surface area contributed by atoms with Gasteiger partial charge in [0.15, 0.2) is 0 Å². The number of methoxy groups -OCH3 is 1. The monoisotopic (exact) mass is 321 g/mol. The van der Waals surface area contributed by atoms with E-state index in [2.05, 4.69) is 24.4 Å². The zero-order valence-electron chi connectivity index (χ0n) is 12.4. The molecule has 0 saturated heterocycles. The molecule has 0 aliphatic heterocycles. The summed E-state index contributed by atoms with van der Waals surface area (Å²) in [6.07, 6.45) is 1.12. The van der Waals surface area contributed by atoms with Gasteiger partial charge in [0.25, 0.3) is 0 Å². The molecule has 0 aromatic heterocycles. The van der Waals surface area contributed by atoms with Gasteiger partial charge in [-0.1, -0.05) is 36.4 Å². The van der Waals surface area contributed by atoms with Gasteiger partial charge in [0, 0.05) is 21.4 Å². The average molecular weight is 322 g/mol. The summed E-state index contributed by atoms with van der Waals surface area (Å²) >= 11 is 7.86. The molecule has 2 aromatic carbocycles. The Labute approximate surface area is 135 Å². The number of hydrogen-bond acceptors (Lipinski definition) is 3. The first kappa shape index (κ1) is 16.2. The normalized spacial score (nSPS) is 10.6. The molecule has 1 N–H and O–H groups in total. The Kier molecular flexibility index (Phi) is 6.43. The van der Waals surface area contributed by atoms with Crippen LogP contribution in [-0.2, 0) is 6.54 Å². The van der Waals surface area contributed by atoms with Gasteiger partial charge in [-0.2, -0.15) is 0 Å². The molecule has 2 aromatic rings. The van der Waals surface area contributed by atoms with E-state index in [0.29, 0.717) is 0 Å². The number of hydrogen-bond donors (Lipinski definition) is 1. The first-order chi connectivity index (χ1) is 10.2. The SMILES string of the molecule is CCCNCc1cc(Cl)ccc1Sc1cccc(OC)c1. The predicted molar refractivity (Wildman–Crippen MR) is 90.6 cm³/mol. The number of benzene rings is 2. The van der Waals surface area contributed by atoms with Gasteiger partial charge in [0.2, 0.25) is 0 Å². The van der Waals surface area contributed by atoms with E-state index in [0.717, 1.165) is 35.2 Å². The fraction of sp³-hybridized carbons (Fsp3) is 0.294. The van der Waals surface area contributed by atoms with E-state index < -0.39 is 0 Å². The van der Waals surface area contributed by atoms with Crippen molar-refractivity contribution in [1.82, 2.24) is 5.32 Å². The minimum Gasteiger partial charge on any atom is -0.497 e. The van der Waals surface area contributed by atoms with Crippen LogP contribution in [0.25, 0.3) is 0 Å². The first-order valence-electron chi connectivity index (χ1n) is 7.04. The summed E-state index contributed by atoms with van der Waals surface area (Å²) in [6.45, 7) is 4.01. The van der Waals surface area contributed by atoms with Crippen LogP contribution in [0.1, 0.15) is 18.9 Å². The molecule has 0 bridgehead atoms. The zero-order valence-corrected chi connectivity index (χ0v) is 13.9. The van der Waals surface area contributed by atoms with Crippen LogP contribution in [0.2, 0.25) is 5.02 Å². The Morgan fingerprint density at radius 1 is 1.19 bits per heavy atom. The van der Waals surface area contributed by atoms with Crippen LogP contribution >= 0.6 is 23.4 Å². The smallest absolute Gasteiger partial charge is 0.119 e. The second-order valence-electron chi connectivity index (χ2n) is 4.71. The molecule has 0 saturated carbocycles. The van der Waals surface area contributed by atoms with Gasteiger partial charge in [-0.25, -0.2) is 0 Å². The summed E-state index contributed by atoms with van der Waals surface area (Å²) in [4.78, 5) is 2.38. The molecule has 0 radical (unpaired) electrons. The van der Waals surface area contributed by atoms with Crippen LogP contribution < -0.4 is 10.1 Å². The third kappa shape index (κ3) is 4.95. The van der Waals surface area contributed by atoms with Gasteiger partial charge >= 0.3 is 0 Å². The topological polar surface area (TPSA) is 21.3 Å². The fourth-order valence-corrected chi connectivity index (χ4v) is 3.15. The predicted octanol–water partition coefficient (Wildman–Crippen LogP) is 5.00. The molecule has 2 rings (SSSR count). The van der Waals surface area contributed by atoms with E-state index >= 15 is 0 Å². The third-order valence-electron chi connectivity index (χ3n) is 3.03. The molecule has 0 fully saturated rings. The highest BCUT2D eigenvalue weighted by Crippen LogP contribution is 2.33. The Morgan fingerprint density at radius 3 is 2.81 bits per heavy atom. The van der Waals surface area contributed by atoms with Crippen molar-refractivity contribution < 1.29 is 4.74 Å². The minimum atomic E-state index is 0.776. The second kappa shape index (κ2) is 8.32. The maximum Gasteiger partial charge on any atom is 0.119 e. The van der Waals surface area contributed by atoms with Gasteiger partial charge in [0.05, 0.1) is 7.11 Å². The van der Waals surface area contributed by atoms with Crippen LogP contribution in [0, 0.1) is 0 Å². The number of nitrogens with one attached hydrogen (secondary N) is 1. The largest absolute Gasteiger partial charge is 0.497 e. The van der Waals surface area contributed by atoms with E-state index in [4.69, 9.17) is 16.3 Å². The average Bonchev–Trinajstić information content (AvgIpc) is 2.50. The molecule has 21 heavy (non-hydrogen) atoms. The van der Waals surface area contributed by atoms with Crippen LogP contribution in [0.5, 0.6) is 5.75 Å². The van der Waals surface area contributed by atoms with E-state index in [1.54, 1.807) is 18.9 Å². The lowest BCUT2D eigenvalue weighted by Crippen LogP contribution is -2.14. The molecule has 0 heterocycles. The molecule has 2 nitrogen and oxygen atoms in total. The molecule has 112 valence electrons. The molecule has 0 unspecified atom stereocenters. The molecule has 0 aliphatic carbocycles. The van der Waals surface area contributed by atoms with Crippen molar-refractivity contribution in [2.45, 2.75) is 29.7 Å². The Balaban J connectivity index is 2.17. The van der Waals surface area contributed by atoms with Gasteiger partial charge < -0.3 is 10.1 Å². The Morgan fingerprint density at radius 2 is 2.05 bits per heavy atom. The van der Waals surface area contributed by atoms with Crippen molar-refractivity contribution >= 4 is 23.4 Å². The van der Waals surface area contributed by atoms with E-state index in [-0.39, 0.29) is 0 Å². The van der Waals surface area contributed by atoms with Crippen LogP contribution in [0.15, 0.2) is 52.3 Å². The van der Waals surface area contributed by atoms with Crippen molar-refractivity contribution in [1.29, 1.82) is 0 Å². The summed E-state index contributed by atoms with van der Waals surface area (Å²) < 4.78 is 5.27. The maximum absolute atomic E-state index is 6.12. The summed E-state index contributed by atoms with van der Waals surface area (Å²) in [6, 6.07) is 14.1. The highest BCUT2D eigenvalue weighted by atomic mass is 35.5. The van der Waals surface area contributed by atoms with Crippen molar-refractivity contribution in [3.63, 3.8) is 0 Å². The van der Waals surface area contributed by atoms with Gasteiger partial charge in [-0.05, 0) is 54.9 Å². The second-order valence-corrected chi connectivity index (χ2v) is 6.26. The fourth-order valence-electron chi connectivity index (χ4n) is 1.98. The van der Waals surface area contributed by atoms with Crippen molar-refractivity contribution in [2.24, 2.45) is 0 Å². The van der Waals surface area contributed by atoms with Crippen LogP contribution in [0.3, 0.4) is 0 Å². The maximum atomic E-state index is 6.12. The van der Waals surface area contributed by atoms with E-state index in [1.807, 2.05) is 30.3 Å². The highest BCUT2D eigenvalue weighted by molar-refractivity contribution is 7.99. The van der Waals surface area contributed by atoms with Crippen LogP contribution in [0.4, 0.5) is 0 Å². The molecule has 0 spiro atoms. The van der Waals surface area contributed by atoms with Crippen molar-refractivity contribution in [3.8, 4) is 5.75 Å². The van der Waals surface area contributed by atoms with Crippen LogP contribution in [-0.4, -0.2) is 13.7 Å². The first-order valence-corrected chi connectivity index (χ1v) is 8.23. The van der Waals surface area contributed by atoms with Crippen molar-refractivity contribution in [2.75, 3.05) is 13.7 Å². The molecule has 0 atom stereocenters. The Bertz CT molecular complexity index is 589. The number of ether oxygens (including phenoxy) is 1. The Hall–Kier alpha value is -1.16. The number of rotatable bonds is 7. The number of halogens is 1. The van der Waals surface area contributed by atoms with E-state index in [9.17, 15) is 0 Å². The van der Waals surface area contributed by atoms with Gasteiger partial charge in [-0.15, -0.1) is 0 Å². The molecule has 0 amide bonds. The van der Waals surface area contributed by atoms with Gasteiger partial charge in [-0.3, -0.25) is 0 Å². The lowest BCUT2D eigenvalue weighted by molar-refractivity contribution is 0.413. The summed E-state index contributed by atoms with van der Waals surface area (Å²) in [5.41, 5.74) is 1.23. The lowest BCUT2D eigenvalue weighted by Gasteiger charge is -2.11. The third-order valence-corrected chi connectivity index (χ3v) is 4.38. The summed E-state index contributed by atoms with van der Waals surface area (Å²) in [5.74, 6) is 0.875. The molecule has 4 heteroatoms. The quantitative estimate of drug-likeness (QED) is 0.725. The molecule has 0 aliphatic rings. The molecular weight excluding hydrogens is 302 g/mol.